The lowest BCUT2D eigenvalue weighted by atomic mass is 10.1. The molecular formula is C22H23N3O4. The molecule has 0 radical (unpaired) electrons. The van der Waals surface area contributed by atoms with E-state index in [4.69, 9.17) is 9.47 Å². The second-order valence-electron chi connectivity index (χ2n) is 6.59. The van der Waals surface area contributed by atoms with E-state index in [0.29, 0.717) is 17.9 Å². The van der Waals surface area contributed by atoms with E-state index in [2.05, 4.69) is 9.97 Å². The van der Waals surface area contributed by atoms with Gasteiger partial charge < -0.3 is 14.0 Å². The number of benzene rings is 1. The molecule has 0 amide bonds. The highest BCUT2D eigenvalue weighted by Crippen LogP contribution is 2.23. The van der Waals surface area contributed by atoms with Crippen molar-refractivity contribution in [3.05, 3.63) is 71.1 Å². The van der Waals surface area contributed by atoms with Gasteiger partial charge in [0.25, 0.3) is 0 Å². The summed E-state index contributed by atoms with van der Waals surface area (Å²) in [5.41, 5.74) is 3.89. The maximum absolute atomic E-state index is 12.6. The van der Waals surface area contributed by atoms with Crippen LogP contribution in [0.1, 0.15) is 44.9 Å². The van der Waals surface area contributed by atoms with Crippen LogP contribution in [-0.4, -0.2) is 39.5 Å². The molecule has 1 aromatic carbocycles. The molecule has 0 N–H and O–H groups in total. The molecular weight excluding hydrogens is 370 g/mol. The third-order valence-corrected chi connectivity index (χ3v) is 4.46. The molecule has 0 saturated heterocycles. The van der Waals surface area contributed by atoms with Crippen molar-refractivity contribution >= 4 is 11.8 Å². The minimum Gasteiger partial charge on any atom is -0.494 e. The molecule has 3 rings (SSSR count). The Bertz CT molecular complexity index is 1020. The largest absolute Gasteiger partial charge is 0.494 e. The predicted molar refractivity (Wildman–Crippen MR) is 108 cm³/mol. The molecule has 0 aliphatic rings. The zero-order chi connectivity index (χ0) is 21.0. The Morgan fingerprint density at radius 1 is 1.03 bits per heavy atom. The Balaban J connectivity index is 1.74. The average Bonchev–Trinajstić information content (AvgIpc) is 3.01. The molecule has 0 saturated carbocycles. The minimum absolute atomic E-state index is 0.0725. The van der Waals surface area contributed by atoms with Gasteiger partial charge in [0, 0.05) is 28.8 Å². The molecule has 0 unspecified atom stereocenters. The highest BCUT2D eigenvalue weighted by molar-refractivity contribution is 6.00. The molecule has 2 heterocycles. The van der Waals surface area contributed by atoms with E-state index >= 15 is 0 Å². The van der Waals surface area contributed by atoms with Crippen molar-refractivity contribution in [3.63, 3.8) is 0 Å². The summed E-state index contributed by atoms with van der Waals surface area (Å²) in [6, 6.07) is 9.46. The molecule has 150 valence electrons. The van der Waals surface area contributed by atoms with Gasteiger partial charge in [0.2, 0.25) is 5.78 Å². The van der Waals surface area contributed by atoms with Crippen LogP contribution in [0.3, 0.4) is 0 Å². The van der Waals surface area contributed by atoms with E-state index in [1.165, 1.54) is 12.4 Å². The summed E-state index contributed by atoms with van der Waals surface area (Å²) >= 11 is 0. The van der Waals surface area contributed by atoms with Gasteiger partial charge in [-0.05, 0) is 58.0 Å². The van der Waals surface area contributed by atoms with Crippen molar-refractivity contribution < 1.29 is 19.1 Å². The summed E-state index contributed by atoms with van der Waals surface area (Å²) in [5, 5.41) is 0. The Morgan fingerprint density at radius 3 is 2.38 bits per heavy atom. The fraction of sp³-hybridized carbons (Fsp3) is 0.273. The van der Waals surface area contributed by atoms with Crippen LogP contribution in [0, 0.1) is 20.8 Å². The molecule has 0 bridgehead atoms. The van der Waals surface area contributed by atoms with Crippen LogP contribution < -0.4 is 4.74 Å². The van der Waals surface area contributed by atoms with Gasteiger partial charge in [-0.1, -0.05) is 0 Å². The molecule has 7 heteroatoms. The molecule has 0 aliphatic heterocycles. The molecule has 0 atom stereocenters. The topological polar surface area (TPSA) is 83.3 Å². The number of aromatic nitrogens is 3. The van der Waals surface area contributed by atoms with Crippen LogP contribution in [0.2, 0.25) is 0 Å². The summed E-state index contributed by atoms with van der Waals surface area (Å²) in [5.74, 6) is -0.156. The van der Waals surface area contributed by atoms with Gasteiger partial charge >= 0.3 is 5.97 Å². The number of ketones is 1. The summed E-state index contributed by atoms with van der Waals surface area (Å²) in [4.78, 5) is 32.7. The van der Waals surface area contributed by atoms with E-state index in [-0.39, 0.29) is 18.1 Å². The summed E-state index contributed by atoms with van der Waals surface area (Å²) in [7, 11) is 0. The van der Waals surface area contributed by atoms with Crippen LogP contribution in [-0.2, 0) is 4.74 Å². The van der Waals surface area contributed by atoms with E-state index in [1.54, 1.807) is 13.0 Å². The third kappa shape index (κ3) is 4.51. The fourth-order valence-corrected chi connectivity index (χ4v) is 3.08. The van der Waals surface area contributed by atoms with Gasteiger partial charge in [0.15, 0.2) is 12.3 Å². The van der Waals surface area contributed by atoms with Crippen molar-refractivity contribution in [1.29, 1.82) is 0 Å². The molecule has 7 nitrogen and oxygen atoms in total. The molecule has 2 aromatic heterocycles. The SMILES string of the molecule is CCOc1ccc(-n2c(C)cc(C(=O)COC(=O)c3cnc(C)cn3)c2C)cc1. The second kappa shape index (κ2) is 8.68. The number of carbonyl (C=O) groups is 2. The Hall–Kier alpha value is -3.48. The van der Waals surface area contributed by atoms with E-state index in [1.807, 2.05) is 49.6 Å². The van der Waals surface area contributed by atoms with E-state index < -0.39 is 5.97 Å². The number of carbonyl (C=O) groups excluding carboxylic acids is 2. The lowest BCUT2D eigenvalue weighted by Gasteiger charge is -2.11. The Labute approximate surface area is 169 Å². The zero-order valence-electron chi connectivity index (χ0n) is 16.9. The molecule has 0 fully saturated rings. The van der Waals surface area contributed by atoms with Crippen LogP contribution in [0.15, 0.2) is 42.7 Å². The van der Waals surface area contributed by atoms with Crippen molar-refractivity contribution in [2.24, 2.45) is 0 Å². The number of esters is 1. The standard InChI is InChI=1S/C22H23N3O4/c1-5-28-18-8-6-17(7-9-18)25-15(3)10-19(16(25)4)21(26)13-29-22(27)20-12-23-14(2)11-24-20/h6-12H,5,13H2,1-4H3. The van der Waals surface area contributed by atoms with Crippen molar-refractivity contribution in [2.45, 2.75) is 27.7 Å². The first kappa shape index (κ1) is 20.3. The van der Waals surface area contributed by atoms with Crippen molar-refractivity contribution in [2.75, 3.05) is 13.2 Å². The smallest absolute Gasteiger partial charge is 0.358 e. The van der Waals surface area contributed by atoms with Crippen LogP contribution in [0.4, 0.5) is 0 Å². The second-order valence-corrected chi connectivity index (χ2v) is 6.59. The summed E-state index contributed by atoms with van der Waals surface area (Å²) < 4.78 is 12.6. The van der Waals surface area contributed by atoms with Gasteiger partial charge in [-0.2, -0.15) is 0 Å². The first-order valence-electron chi connectivity index (χ1n) is 9.32. The predicted octanol–water partition coefficient (Wildman–Crippen LogP) is 3.63. The van der Waals surface area contributed by atoms with Crippen molar-refractivity contribution in [1.82, 2.24) is 14.5 Å². The number of hydrogen-bond acceptors (Lipinski definition) is 6. The fourth-order valence-electron chi connectivity index (χ4n) is 3.08. The lowest BCUT2D eigenvalue weighted by Crippen LogP contribution is -2.16. The normalized spacial score (nSPS) is 10.6. The van der Waals surface area contributed by atoms with Crippen LogP contribution in [0.5, 0.6) is 5.75 Å². The average molecular weight is 393 g/mol. The van der Waals surface area contributed by atoms with Gasteiger partial charge in [0.1, 0.15) is 5.75 Å². The maximum Gasteiger partial charge on any atom is 0.358 e. The van der Waals surface area contributed by atoms with Gasteiger partial charge in [-0.15, -0.1) is 0 Å². The van der Waals surface area contributed by atoms with Crippen LogP contribution in [0.25, 0.3) is 5.69 Å². The lowest BCUT2D eigenvalue weighted by molar-refractivity contribution is 0.0468. The minimum atomic E-state index is -0.675. The quantitative estimate of drug-likeness (QED) is 0.450. The van der Waals surface area contributed by atoms with Crippen molar-refractivity contribution in [3.8, 4) is 11.4 Å². The third-order valence-electron chi connectivity index (χ3n) is 4.46. The number of rotatable bonds is 7. The highest BCUT2D eigenvalue weighted by atomic mass is 16.5. The van der Waals surface area contributed by atoms with Crippen LogP contribution >= 0.6 is 0 Å². The molecule has 0 spiro atoms. The first-order chi connectivity index (χ1) is 13.9. The number of Topliss-reactive ketones (excluding diaryl/α,β-unsaturated/α-hetero) is 1. The van der Waals surface area contributed by atoms with E-state index in [9.17, 15) is 9.59 Å². The number of nitrogens with zero attached hydrogens (tertiary/aromatic N) is 3. The highest BCUT2D eigenvalue weighted by Gasteiger charge is 2.19. The van der Waals surface area contributed by atoms with E-state index in [0.717, 1.165) is 22.8 Å². The summed E-state index contributed by atoms with van der Waals surface area (Å²) in [6.07, 6.45) is 2.81. The molecule has 3 aromatic rings. The number of ether oxygens (including phenoxy) is 2. The first-order valence-corrected chi connectivity index (χ1v) is 9.32. The Morgan fingerprint density at radius 2 is 1.76 bits per heavy atom. The maximum atomic E-state index is 12.6. The van der Waals surface area contributed by atoms with Gasteiger partial charge in [-0.3, -0.25) is 9.78 Å². The zero-order valence-corrected chi connectivity index (χ0v) is 16.9. The Kier molecular flexibility index (Phi) is 6.07. The van der Waals surface area contributed by atoms with Gasteiger partial charge in [-0.25, -0.2) is 9.78 Å². The molecule has 0 aliphatic carbocycles. The summed E-state index contributed by atoms with van der Waals surface area (Å²) in [6.45, 7) is 7.74. The monoisotopic (exact) mass is 393 g/mol. The van der Waals surface area contributed by atoms with Gasteiger partial charge in [0.05, 0.1) is 18.5 Å². The number of hydrogen-bond donors (Lipinski definition) is 0. The molecule has 29 heavy (non-hydrogen) atoms. The number of aryl methyl sites for hydroxylation is 2.